The quantitative estimate of drug-likeness (QED) is 0.540. The maximum atomic E-state index is 11.8. The normalized spacial score (nSPS) is 42.4. The average Bonchev–Trinajstić information content (AvgIpc) is 2.42. The van der Waals surface area contributed by atoms with Crippen LogP contribution in [-0.2, 0) is 9.53 Å². The molecule has 15 heavy (non-hydrogen) atoms. The van der Waals surface area contributed by atoms with Crippen molar-refractivity contribution in [2.75, 3.05) is 0 Å². The molecule has 0 radical (unpaired) electrons. The molecule has 3 atom stereocenters. The first-order valence-electron chi connectivity index (χ1n) is 4.97. The Morgan fingerprint density at radius 3 is 2.20 bits per heavy atom. The second kappa shape index (κ2) is 2.96. The largest absolute Gasteiger partial charge is 0.457 e. The number of rotatable bonds is 1. The Bertz CT molecular complexity index is 321. The van der Waals surface area contributed by atoms with E-state index in [0.29, 0.717) is 0 Å². The minimum absolute atomic E-state index is 0.0231. The van der Waals surface area contributed by atoms with E-state index in [1.807, 2.05) is 20.8 Å². The summed E-state index contributed by atoms with van der Waals surface area (Å²) < 4.78 is 3.66. The van der Waals surface area contributed by atoms with Gasteiger partial charge in [0, 0.05) is 5.92 Å². The molecule has 5 heteroatoms. The Balaban J connectivity index is 2.37. The standard InChI is InChI=1S/C10H13Cl3O2/c1-4-9-5(8(9,2)3)6(10(11,12)13)15-7(9)14/h5-6H,4H2,1-3H3. The number of hydrogen-bond acceptors (Lipinski definition) is 2. The lowest BCUT2D eigenvalue weighted by molar-refractivity contribution is -0.151. The van der Waals surface area contributed by atoms with Crippen molar-refractivity contribution in [3.05, 3.63) is 0 Å². The number of alkyl halides is 3. The monoisotopic (exact) mass is 270 g/mol. The van der Waals surface area contributed by atoms with Crippen LogP contribution >= 0.6 is 34.8 Å². The number of esters is 1. The Hall–Kier alpha value is 0.340. The lowest BCUT2D eigenvalue weighted by atomic mass is 9.93. The minimum atomic E-state index is -1.52. The van der Waals surface area contributed by atoms with Gasteiger partial charge in [-0.2, -0.15) is 0 Å². The fraction of sp³-hybridized carbons (Fsp3) is 0.900. The third kappa shape index (κ3) is 1.22. The molecule has 0 amide bonds. The molecule has 1 aliphatic heterocycles. The molecule has 1 aliphatic carbocycles. The van der Waals surface area contributed by atoms with Crippen LogP contribution in [0.5, 0.6) is 0 Å². The third-order valence-corrected chi connectivity index (χ3v) is 4.80. The summed E-state index contributed by atoms with van der Waals surface area (Å²) in [7, 11) is 0. The van der Waals surface area contributed by atoms with Crippen molar-refractivity contribution in [2.45, 2.75) is 37.1 Å². The zero-order chi connectivity index (χ0) is 11.6. The van der Waals surface area contributed by atoms with Gasteiger partial charge >= 0.3 is 5.97 Å². The van der Waals surface area contributed by atoms with Gasteiger partial charge in [-0.25, -0.2) is 0 Å². The van der Waals surface area contributed by atoms with Crippen LogP contribution in [-0.4, -0.2) is 15.9 Å². The summed E-state index contributed by atoms with van der Waals surface area (Å²) in [6.45, 7) is 6.04. The van der Waals surface area contributed by atoms with Gasteiger partial charge in [0.1, 0.15) is 0 Å². The second-order valence-electron chi connectivity index (χ2n) is 4.89. The highest BCUT2D eigenvalue weighted by Crippen LogP contribution is 2.77. The molecule has 3 unspecified atom stereocenters. The number of hydrogen-bond donors (Lipinski definition) is 0. The number of halogens is 3. The maximum absolute atomic E-state index is 11.8. The molecule has 1 heterocycles. The third-order valence-electron chi connectivity index (χ3n) is 4.16. The van der Waals surface area contributed by atoms with E-state index in [0.717, 1.165) is 6.42 Å². The molecule has 2 nitrogen and oxygen atoms in total. The summed E-state index contributed by atoms with van der Waals surface area (Å²) in [5.41, 5.74) is -0.548. The molecule has 2 rings (SSSR count). The van der Waals surface area contributed by atoms with E-state index in [4.69, 9.17) is 39.5 Å². The molecule has 0 N–H and O–H groups in total. The molecule has 0 spiro atoms. The van der Waals surface area contributed by atoms with Crippen LogP contribution in [0.1, 0.15) is 27.2 Å². The summed E-state index contributed by atoms with van der Waals surface area (Å²) in [6, 6.07) is 0. The molecule has 2 aliphatic rings. The maximum Gasteiger partial charge on any atom is 0.313 e. The molecule has 1 saturated carbocycles. The number of carbonyl (C=O) groups excluding carboxylic acids is 1. The summed E-state index contributed by atoms with van der Waals surface area (Å²) in [5, 5.41) is 0. The van der Waals surface area contributed by atoms with E-state index in [1.165, 1.54) is 0 Å². The van der Waals surface area contributed by atoms with Crippen molar-refractivity contribution < 1.29 is 9.53 Å². The van der Waals surface area contributed by atoms with Crippen LogP contribution in [0.4, 0.5) is 0 Å². The van der Waals surface area contributed by atoms with E-state index >= 15 is 0 Å². The van der Waals surface area contributed by atoms with E-state index in [-0.39, 0.29) is 17.3 Å². The predicted octanol–water partition coefficient (Wildman–Crippen LogP) is 3.33. The van der Waals surface area contributed by atoms with Gasteiger partial charge in [-0.15, -0.1) is 0 Å². The fourth-order valence-electron chi connectivity index (χ4n) is 3.29. The molecule has 86 valence electrons. The van der Waals surface area contributed by atoms with Crippen molar-refractivity contribution in [3.8, 4) is 0 Å². The Morgan fingerprint density at radius 1 is 1.40 bits per heavy atom. The average molecular weight is 272 g/mol. The smallest absolute Gasteiger partial charge is 0.313 e. The second-order valence-corrected chi connectivity index (χ2v) is 7.26. The van der Waals surface area contributed by atoms with Crippen molar-refractivity contribution in [1.82, 2.24) is 0 Å². The van der Waals surface area contributed by atoms with Crippen molar-refractivity contribution in [1.29, 1.82) is 0 Å². The Morgan fingerprint density at radius 2 is 1.93 bits per heavy atom. The number of fused-ring (bicyclic) bond motifs is 1. The van der Waals surface area contributed by atoms with Gasteiger partial charge in [-0.3, -0.25) is 4.79 Å². The van der Waals surface area contributed by atoms with Gasteiger partial charge in [-0.1, -0.05) is 55.6 Å². The van der Waals surface area contributed by atoms with Crippen molar-refractivity contribution in [2.24, 2.45) is 16.7 Å². The van der Waals surface area contributed by atoms with Gasteiger partial charge in [0.25, 0.3) is 0 Å². The van der Waals surface area contributed by atoms with Gasteiger partial charge in [0.2, 0.25) is 3.79 Å². The van der Waals surface area contributed by atoms with Crippen molar-refractivity contribution in [3.63, 3.8) is 0 Å². The van der Waals surface area contributed by atoms with Crippen LogP contribution in [0.3, 0.4) is 0 Å². The van der Waals surface area contributed by atoms with Gasteiger partial charge in [0.05, 0.1) is 5.41 Å². The van der Waals surface area contributed by atoms with Crippen LogP contribution in [0.15, 0.2) is 0 Å². The summed E-state index contributed by atoms with van der Waals surface area (Å²) in [5.74, 6) is -0.189. The first kappa shape index (κ1) is 11.8. The topological polar surface area (TPSA) is 26.3 Å². The van der Waals surface area contributed by atoms with Crippen LogP contribution < -0.4 is 0 Å². The molecule has 2 fully saturated rings. The first-order valence-corrected chi connectivity index (χ1v) is 6.10. The first-order chi connectivity index (χ1) is 6.69. The highest BCUT2D eigenvalue weighted by Gasteiger charge is 2.83. The summed E-state index contributed by atoms with van der Waals surface area (Å²) >= 11 is 17.5. The molecule has 0 aromatic rings. The Kier molecular flexibility index (Phi) is 2.33. The van der Waals surface area contributed by atoms with E-state index < -0.39 is 15.3 Å². The number of cyclic esters (lactones) is 1. The zero-order valence-electron chi connectivity index (χ0n) is 8.81. The highest BCUT2D eigenvalue weighted by molar-refractivity contribution is 6.68. The van der Waals surface area contributed by atoms with Crippen LogP contribution in [0.2, 0.25) is 0 Å². The van der Waals surface area contributed by atoms with Crippen LogP contribution in [0, 0.1) is 16.7 Å². The summed E-state index contributed by atoms with van der Waals surface area (Å²) in [6.07, 6.45) is 0.130. The lowest BCUT2D eigenvalue weighted by Crippen LogP contribution is -2.32. The Labute approximate surface area is 104 Å². The van der Waals surface area contributed by atoms with Gasteiger partial charge < -0.3 is 4.74 Å². The zero-order valence-corrected chi connectivity index (χ0v) is 11.1. The molecule has 0 aromatic carbocycles. The summed E-state index contributed by atoms with van der Waals surface area (Å²) in [4.78, 5) is 11.8. The molecule has 1 saturated heterocycles. The molecular weight excluding hydrogens is 258 g/mol. The van der Waals surface area contributed by atoms with E-state index in [2.05, 4.69) is 0 Å². The van der Waals surface area contributed by atoms with E-state index in [9.17, 15) is 4.79 Å². The molecule has 0 bridgehead atoms. The SMILES string of the molecule is CCC12C(=O)OC(C(Cl)(Cl)Cl)C1C2(C)C. The molecule has 0 aromatic heterocycles. The highest BCUT2D eigenvalue weighted by atomic mass is 35.6. The van der Waals surface area contributed by atoms with Gasteiger partial charge in [-0.05, 0) is 11.8 Å². The fourth-order valence-corrected chi connectivity index (χ4v) is 3.80. The number of carbonyl (C=O) groups is 1. The van der Waals surface area contributed by atoms with Crippen LogP contribution in [0.25, 0.3) is 0 Å². The molecular formula is C10H13Cl3O2. The minimum Gasteiger partial charge on any atom is -0.457 e. The lowest BCUT2D eigenvalue weighted by Gasteiger charge is -2.24. The van der Waals surface area contributed by atoms with Crippen molar-refractivity contribution >= 4 is 40.8 Å². The van der Waals surface area contributed by atoms with Gasteiger partial charge in [0.15, 0.2) is 6.10 Å². The predicted molar refractivity (Wildman–Crippen MR) is 60.2 cm³/mol. The number of ether oxygens (including phenoxy) is 1. The van der Waals surface area contributed by atoms with E-state index in [1.54, 1.807) is 0 Å².